The van der Waals surface area contributed by atoms with Gasteiger partial charge in [-0.05, 0) is 120 Å². The second kappa shape index (κ2) is 13.7. The maximum atomic E-state index is 9.85. The second-order valence-electron chi connectivity index (χ2n) is 15.0. The van der Waals surface area contributed by atoms with Crippen LogP contribution >= 0.6 is 0 Å². The first kappa shape index (κ1) is 29.4. The van der Waals surface area contributed by atoms with Crippen LogP contribution in [0.1, 0.15) is 30.5 Å². The van der Waals surface area contributed by atoms with Crippen molar-refractivity contribution in [3.63, 3.8) is 0 Å². The smallest absolute Gasteiger partial charge is 0.0651 e. The van der Waals surface area contributed by atoms with Gasteiger partial charge in [0.15, 0.2) is 0 Å². The molecule has 0 saturated heterocycles. The molecule has 0 amide bonds. The van der Waals surface area contributed by atoms with Gasteiger partial charge in [-0.2, -0.15) is 0 Å². The third-order valence-electron chi connectivity index (χ3n) is 11.3. The average Bonchev–Trinajstić information content (AvgIpc) is 3.53. The summed E-state index contributed by atoms with van der Waals surface area (Å²) >= 11 is 0. The van der Waals surface area contributed by atoms with Crippen LogP contribution in [0.2, 0.25) is 0 Å². The first-order valence-corrected chi connectivity index (χ1v) is 19.2. The van der Waals surface area contributed by atoms with E-state index < -0.39 is 0 Å². The topological polar surface area (TPSA) is 3.24 Å². The minimum Gasteiger partial charge on any atom is -0.310 e. The number of nitrogens with zero attached hydrogens (tertiary/aromatic N) is 1. The summed E-state index contributed by atoms with van der Waals surface area (Å²) in [6.45, 7) is 4.60. The fourth-order valence-electron chi connectivity index (χ4n) is 8.62. The maximum Gasteiger partial charge on any atom is 0.0651 e. The van der Waals surface area contributed by atoms with Crippen LogP contribution in [0.5, 0.6) is 0 Å². The van der Waals surface area contributed by atoms with Gasteiger partial charge in [-0.1, -0.05) is 184 Å². The summed E-state index contributed by atoms with van der Waals surface area (Å²) < 4.78 is 37.6. The summed E-state index contributed by atoms with van der Waals surface area (Å²) in [4.78, 5) is 1.92. The molecule has 0 heterocycles. The van der Waals surface area contributed by atoms with Crippen LogP contribution < -0.4 is 4.90 Å². The molecule has 9 aromatic rings. The quantitative estimate of drug-likeness (QED) is 0.159. The van der Waals surface area contributed by atoms with Crippen molar-refractivity contribution in [2.75, 3.05) is 4.90 Å². The minimum atomic E-state index is -0.221. The van der Waals surface area contributed by atoms with E-state index in [0.717, 1.165) is 50.0 Å². The molecule has 266 valence electrons. The third-order valence-corrected chi connectivity index (χ3v) is 11.3. The van der Waals surface area contributed by atoms with Crippen molar-refractivity contribution in [2.24, 2.45) is 0 Å². The molecule has 1 aliphatic carbocycles. The Morgan fingerprint density at radius 3 is 1.75 bits per heavy atom. The molecule has 0 saturated carbocycles. The fourth-order valence-corrected chi connectivity index (χ4v) is 8.62. The zero-order chi connectivity index (χ0) is 41.1. The number of hydrogen-bond donors (Lipinski definition) is 0. The summed E-state index contributed by atoms with van der Waals surface area (Å²) in [6, 6.07) is 63.9. The van der Waals surface area contributed by atoms with Crippen LogP contribution in [-0.2, 0) is 5.41 Å². The van der Waals surface area contributed by atoms with Crippen molar-refractivity contribution in [1.29, 1.82) is 0 Å². The number of anilines is 3. The standard InChI is InChI=1S/C55H41N/c1-55(2)53-27-9-8-23-51(53)52-26-13-25-50(54(52)55)41-30-34-46(35-31-41)56(47-21-11-20-44(37-47)49-24-12-17-40-16-6-7-22-48(40)49)45-32-28-39(29-33-45)43-19-10-18-42(36-43)38-14-4-3-5-15-38/h3-37H,1-2H3/i11D,20D,21D,37D. The summed E-state index contributed by atoms with van der Waals surface area (Å²) in [5.41, 5.74) is 14.4. The van der Waals surface area contributed by atoms with Crippen molar-refractivity contribution in [3.05, 3.63) is 223 Å². The number of fused-ring (bicyclic) bond motifs is 4. The Morgan fingerprint density at radius 2 is 0.964 bits per heavy atom. The molecule has 0 radical (unpaired) electrons. The third kappa shape index (κ3) is 5.81. The minimum absolute atomic E-state index is 0.0291. The Balaban J connectivity index is 1.13. The Bertz CT molecular complexity index is 3090. The van der Waals surface area contributed by atoms with Crippen LogP contribution in [-0.4, -0.2) is 0 Å². The van der Waals surface area contributed by atoms with E-state index in [9.17, 15) is 2.74 Å². The van der Waals surface area contributed by atoms with E-state index in [2.05, 4.69) is 129 Å². The van der Waals surface area contributed by atoms with Crippen molar-refractivity contribution in [3.8, 4) is 55.6 Å². The van der Waals surface area contributed by atoms with Crippen LogP contribution in [0.3, 0.4) is 0 Å². The molecule has 0 atom stereocenters. The van der Waals surface area contributed by atoms with Crippen LogP contribution in [0.15, 0.2) is 212 Å². The Labute approximate surface area is 335 Å². The molecule has 10 rings (SSSR count). The molecule has 0 bridgehead atoms. The highest BCUT2D eigenvalue weighted by Gasteiger charge is 2.37. The molecule has 1 aliphatic rings. The average molecular weight is 720 g/mol. The lowest BCUT2D eigenvalue weighted by molar-refractivity contribution is 0.662. The maximum absolute atomic E-state index is 9.85. The first-order valence-electron chi connectivity index (χ1n) is 21.2. The Hall–Kier alpha value is -6.96. The normalized spacial score (nSPS) is 13.6. The lowest BCUT2D eigenvalue weighted by Gasteiger charge is -2.27. The van der Waals surface area contributed by atoms with Crippen molar-refractivity contribution in [1.82, 2.24) is 0 Å². The fraction of sp³-hybridized carbons (Fsp3) is 0.0545. The highest BCUT2D eigenvalue weighted by molar-refractivity contribution is 5.97. The number of hydrogen-bond acceptors (Lipinski definition) is 1. The van der Waals surface area contributed by atoms with E-state index in [1.54, 1.807) is 0 Å². The Kier molecular flexibility index (Phi) is 7.20. The molecular weight excluding hydrogens is 675 g/mol. The summed E-state index contributed by atoms with van der Waals surface area (Å²) in [7, 11) is 0. The summed E-state index contributed by atoms with van der Waals surface area (Å²) in [5.74, 6) is 0. The van der Waals surface area contributed by atoms with Crippen molar-refractivity contribution in [2.45, 2.75) is 19.3 Å². The van der Waals surface area contributed by atoms with Gasteiger partial charge in [0.05, 0.1) is 5.48 Å². The number of rotatable bonds is 7. The van der Waals surface area contributed by atoms with Crippen LogP contribution in [0.25, 0.3) is 66.4 Å². The Morgan fingerprint density at radius 1 is 0.411 bits per heavy atom. The first-order chi connectivity index (χ1) is 29.2. The van der Waals surface area contributed by atoms with E-state index >= 15 is 0 Å². The van der Waals surface area contributed by atoms with E-state index in [0.29, 0.717) is 11.1 Å². The lowest BCUT2D eigenvalue weighted by Crippen LogP contribution is -2.16. The van der Waals surface area contributed by atoms with E-state index in [1.165, 1.54) is 27.8 Å². The van der Waals surface area contributed by atoms with Gasteiger partial charge in [0.25, 0.3) is 0 Å². The van der Waals surface area contributed by atoms with Crippen LogP contribution in [0.4, 0.5) is 17.1 Å². The molecule has 0 aliphatic heterocycles. The predicted octanol–water partition coefficient (Wildman–Crippen LogP) is 15.3. The molecule has 0 spiro atoms. The largest absolute Gasteiger partial charge is 0.310 e. The number of benzene rings is 9. The van der Waals surface area contributed by atoms with Crippen molar-refractivity contribution < 1.29 is 5.48 Å². The molecular formula is C55H41N. The lowest BCUT2D eigenvalue weighted by atomic mass is 9.79. The van der Waals surface area contributed by atoms with Gasteiger partial charge in [0.2, 0.25) is 0 Å². The summed E-state index contributed by atoms with van der Waals surface area (Å²) in [6.07, 6.45) is 0. The van der Waals surface area contributed by atoms with Gasteiger partial charge in [-0.15, -0.1) is 0 Å². The van der Waals surface area contributed by atoms with Gasteiger partial charge >= 0.3 is 0 Å². The zero-order valence-electron chi connectivity index (χ0n) is 35.3. The monoisotopic (exact) mass is 719 g/mol. The second-order valence-corrected chi connectivity index (χ2v) is 15.0. The highest BCUT2D eigenvalue weighted by atomic mass is 15.1. The predicted molar refractivity (Wildman–Crippen MR) is 238 cm³/mol. The molecule has 1 heteroatoms. The van der Waals surface area contributed by atoms with Gasteiger partial charge in [-0.3, -0.25) is 0 Å². The molecule has 0 fully saturated rings. The molecule has 0 aromatic heterocycles. The SMILES string of the molecule is [2H]c1c([2H])c(-c2cccc3ccccc23)c([2H])c(N(c2ccc(-c3cccc(-c4ccccc4)c3)cc2)c2ccc(-c3cccc4c3C(C)(C)c3ccccc3-4)cc2)c1[2H]. The van der Waals surface area contributed by atoms with E-state index in [1.807, 2.05) is 77.7 Å². The molecule has 0 N–H and O–H groups in total. The van der Waals surface area contributed by atoms with Gasteiger partial charge < -0.3 is 4.90 Å². The zero-order valence-corrected chi connectivity index (χ0v) is 31.3. The van der Waals surface area contributed by atoms with Crippen LogP contribution in [0, 0.1) is 0 Å². The highest BCUT2D eigenvalue weighted by Crippen LogP contribution is 2.52. The van der Waals surface area contributed by atoms with Gasteiger partial charge in [0, 0.05) is 22.5 Å². The molecule has 56 heavy (non-hydrogen) atoms. The van der Waals surface area contributed by atoms with Gasteiger partial charge in [-0.25, -0.2) is 0 Å². The van der Waals surface area contributed by atoms with Gasteiger partial charge in [0.1, 0.15) is 0 Å². The van der Waals surface area contributed by atoms with E-state index in [-0.39, 0.29) is 35.3 Å². The molecule has 1 nitrogen and oxygen atoms in total. The van der Waals surface area contributed by atoms with Crippen molar-refractivity contribution >= 4 is 27.8 Å². The van der Waals surface area contributed by atoms with E-state index in [4.69, 9.17) is 2.74 Å². The molecule has 0 unspecified atom stereocenters. The summed E-state index contributed by atoms with van der Waals surface area (Å²) in [5, 5.41) is 1.87. The molecule has 9 aromatic carbocycles.